The lowest BCUT2D eigenvalue weighted by atomic mass is 9.94. The van der Waals surface area contributed by atoms with Crippen LogP contribution in [0.3, 0.4) is 0 Å². The highest BCUT2D eigenvalue weighted by atomic mass is 16.5. The van der Waals surface area contributed by atoms with Crippen molar-refractivity contribution in [1.82, 2.24) is 4.57 Å². The lowest BCUT2D eigenvalue weighted by molar-refractivity contribution is -0.0177. The number of aliphatic hydroxyl groups excluding tert-OH is 1. The van der Waals surface area contributed by atoms with Gasteiger partial charge in [-0.3, -0.25) is 4.57 Å². The number of aryl methyl sites for hydroxylation is 1. The standard InChI is InChI=1S/C15H19NO4/c1-3-16-11-5-4-10(8-12(11)20-15(16)18)13(17)14-9(2)6-7-19-14/h4-5,8-9,13-14,17H,3,6-7H2,1-2H3. The van der Waals surface area contributed by atoms with Crippen LogP contribution in [-0.2, 0) is 11.3 Å². The van der Waals surface area contributed by atoms with Crippen LogP contribution in [0.4, 0.5) is 0 Å². The van der Waals surface area contributed by atoms with Gasteiger partial charge in [-0.25, -0.2) is 4.79 Å². The molecule has 1 aliphatic heterocycles. The Balaban J connectivity index is 1.98. The van der Waals surface area contributed by atoms with Crippen molar-refractivity contribution in [2.45, 2.75) is 39.0 Å². The molecule has 1 aliphatic rings. The fourth-order valence-corrected chi connectivity index (χ4v) is 2.88. The maximum atomic E-state index is 11.7. The van der Waals surface area contributed by atoms with Gasteiger partial charge in [0.25, 0.3) is 0 Å². The zero-order valence-corrected chi connectivity index (χ0v) is 11.7. The van der Waals surface area contributed by atoms with Crippen molar-refractivity contribution >= 4 is 11.1 Å². The second-order valence-electron chi connectivity index (χ2n) is 5.39. The Hall–Kier alpha value is -1.59. The van der Waals surface area contributed by atoms with Gasteiger partial charge in [-0.1, -0.05) is 13.0 Å². The third kappa shape index (κ3) is 2.07. The molecule has 3 unspecified atom stereocenters. The van der Waals surface area contributed by atoms with E-state index in [0.29, 0.717) is 24.7 Å². The van der Waals surface area contributed by atoms with Crippen LogP contribution in [0, 0.1) is 5.92 Å². The number of rotatable bonds is 3. The van der Waals surface area contributed by atoms with Gasteiger partial charge >= 0.3 is 5.76 Å². The zero-order chi connectivity index (χ0) is 14.3. The van der Waals surface area contributed by atoms with Gasteiger partial charge in [0.2, 0.25) is 0 Å². The van der Waals surface area contributed by atoms with E-state index >= 15 is 0 Å². The molecule has 1 saturated heterocycles. The van der Waals surface area contributed by atoms with E-state index < -0.39 is 6.10 Å². The van der Waals surface area contributed by atoms with Crippen LogP contribution in [-0.4, -0.2) is 22.4 Å². The normalized spacial score (nSPS) is 24.4. The first-order valence-corrected chi connectivity index (χ1v) is 7.04. The van der Waals surface area contributed by atoms with Crippen molar-refractivity contribution in [3.05, 3.63) is 34.3 Å². The van der Waals surface area contributed by atoms with Crippen molar-refractivity contribution in [3.63, 3.8) is 0 Å². The van der Waals surface area contributed by atoms with Crippen LogP contribution < -0.4 is 5.76 Å². The van der Waals surface area contributed by atoms with Crippen molar-refractivity contribution in [1.29, 1.82) is 0 Å². The summed E-state index contributed by atoms with van der Waals surface area (Å²) >= 11 is 0. The first-order valence-electron chi connectivity index (χ1n) is 7.04. The number of nitrogens with zero attached hydrogens (tertiary/aromatic N) is 1. The van der Waals surface area contributed by atoms with Gasteiger partial charge < -0.3 is 14.3 Å². The Morgan fingerprint density at radius 1 is 1.50 bits per heavy atom. The molecule has 0 amide bonds. The van der Waals surface area contributed by atoms with E-state index in [0.717, 1.165) is 17.5 Å². The first kappa shape index (κ1) is 13.4. The quantitative estimate of drug-likeness (QED) is 0.932. The molecular weight excluding hydrogens is 258 g/mol. The van der Waals surface area contributed by atoms with Crippen LogP contribution >= 0.6 is 0 Å². The molecule has 1 aromatic carbocycles. The molecule has 1 fully saturated rings. The lowest BCUT2D eigenvalue weighted by Gasteiger charge is -2.21. The zero-order valence-electron chi connectivity index (χ0n) is 11.7. The van der Waals surface area contributed by atoms with Crippen molar-refractivity contribution in [2.24, 2.45) is 5.92 Å². The summed E-state index contributed by atoms with van der Waals surface area (Å²) in [5.41, 5.74) is 2.00. The molecule has 20 heavy (non-hydrogen) atoms. The van der Waals surface area contributed by atoms with E-state index in [1.54, 1.807) is 10.6 Å². The third-order valence-corrected chi connectivity index (χ3v) is 4.11. The van der Waals surface area contributed by atoms with E-state index in [-0.39, 0.29) is 11.9 Å². The first-order chi connectivity index (χ1) is 9.61. The van der Waals surface area contributed by atoms with E-state index in [2.05, 4.69) is 6.92 Å². The van der Waals surface area contributed by atoms with Gasteiger partial charge in [-0.15, -0.1) is 0 Å². The highest BCUT2D eigenvalue weighted by molar-refractivity contribution is 5.73. The molecule has 108 valence electrons. The Kier molecular flexibility index (Phi) is 3.40. The summed E-state index contributed by atoms with van der Waals surface area (Å²) < 4.78 is 12.4. The van der Waals surface area contributed by atoms with E-state index in [9.17, 15) is 9.90 Å². The second-order valence-corrected chi connectivity index (χ2v) is 5.39. The van der Waals surface area contributed by atoms with Crippen LogP contribution in [0.15, 0.2) is 27.4 Å². The third-order valence-electron chi connectivity index (χ3n) is 4.11. The summed E-state index contributed by atoms with van der Waals surface area (Å²) in [5, 5.41) is 10.4. The molecule has 3 rings (SSSR count). The highest BCUT2D eigenvalue weighted by Crippen LogP contribution is 2.32. The van der Waals surface area contributed by atoms with Gasteiger partial charge in [0.1, 0.15) is 6.10 Å². The van der Waals surface area contributed by atoms with Crippen LogP contribution in [0.1, 0.15) is 31.9 Å². The fraction of sp³-hybridized carbons (Fsp3) is 0.533. The van der Waals surface area contributed by atoms with Gasteiger partial charge in [0.15, 0.2) is 5.58 Å². The SMILES string of the molecule is CCn1c(=O)oc2cc(C(O)C3OCCC3C)ccc21. The number of ether oxygens (including phenoxy) is 1. The van der Waals surface area contributed by atoms with Gasteiger partial charge in [-0.2, -0.15) is 0 Å². The maximum Gasteiger partial charge on any atom is 0.419 e. The number of oxazole rings is 1. The molecule has 0 aliphatic carbocycles. The van der Waals surface area contributed by atoms with Gasteiger partial charge in [0, 0.05) is 13.2 Å². The highest BCUT2D eigenvalue weighted by Gasteiger charge is 2.32. The molecule has 2 heterocycles. The molecule has 0 bridgehead atoms. The van der Waals surface area contributed by atoms with Gasteiger partial charge in [-0.05, 0) is 37.0 Å². The largest absolute Gasteiger partial charge is 0.419 e. The predicted molar refractivity (Wildman–Crippen MR) is 74.6 cm³/mol. The number of hydrogen-bond acceptors (Lipinski definition) is 4. The molecule has 2 aromatic rings. The Labute approximate surface area is 116 Å². The second kappa shape index (κ2) is 5.07. The Morgan fingerprint density at radius 2 is 2.30 bits per heavy atom. The molecular formula is C15H19NO4. The average Bonchev–Trinajstić information content (AvgIpc) is 2.99. The van der Waals surface area contributed by atoms with E-state index in [4.69, 9.17) is 9.15 Å². The molecule has 0 radical (unpaired) electrons. The minimum absolute atomic E-state index is 0.188. The van der Waals surface area contributed by atoms with Crippen LogP contribution in [0.2, 0.25) is 0 Å². The molecule has 5 nitrogen and oxygen atoms in total. The summed E-state index contributed by atoms with van der Waals surface area (Å²) in [6.07, 6.45) is 0.0882. The molecule has 0 saturated carbocycles. The number of aliphatic hydroxyl groups is 1. The van der Waals surface area contributed by atoms with Crippen molar-refractivity contribution in [3.8, 4) is 0 Å². The van der Waals surface area contributed by atoms with Crippen molar-refractivity contribution in [2.75, 3.05) is 6.61 Å². The minimum Gasteiger partial charge on any atom is -0.408 e. The van der Waals surface area contributed by atoms with E-state index in [1.165, 1.54) is 0 Å². The molecule has 3 atom stereocenters. The monoisotopic (exact) mass is 277 g/mol. The van der Waals surface area contributed by atoms with Gasteiger partial charge in [0.05, 0.1) is 11.6 Å². The van der Waals surface area contributed by atoms with Crippen LogP contribution in [0.5, 0.6) is 0 Å². The van der Waals surface area contributed by atoms with Crippen molar-refractivity contribution < 1.29 is 14.3 Å². The van der Waals surface area contributed by atoms with Crippen LogP contribution in [0.25, 0.3) is 11.1 Å². The molecule has 5 heteroatoms. The summed E-state index contributed by atoms with van der Waals surface area (Å²) in [4.78, 5) is 11.7. The Bertz CT molecular complexity index is 672. The van der Waals surface area contributed by atoms with E-state index in [1.807, 2.05) is 19.1 Å². The lowest BCUT2D eigenvalue weighted by Crippen LogP contribution is -2.22. The average molecular weight is 277 g/mol. The summed E-state index contributed by atoms with van der Waals surface area (Å²) in [6.45, 7) is 5.23. The topological polar surface area (TPSA) is 64.6 Å². The molecule has 1 aromatic heterocycles. The smallest absolute Gasteiger partial charge is 0.408 e. The summed E-state index contributed by atoms with van der Waals surface area (Å²) in [7, 11) is 0. The number of benzene rings is 1. The fourth-order valence-electron chi connectivity index (χ4n) is 2.88. The summed E-state index contributed by atoms with van der Waals surface area (Å²) in [5.74, 6) is -0.0347. The molecule has 0 spiro atoms. The number of fused-ring (bicyclic) bond motifs is 1. The molecule has 1 N–H and O–H groups in total. The summed E-state index contributed by atoms with van der Waals surface area (Å²) in [6, 6.07) is 5.40. The minimum atomic E-state index is -0.688. The maximum absolute atomic E-state index is 11.7. The number of aromatic nitrogens is 1. The predicted octanol–water partition coefficient (Wildman–Crippen LogP) is 2.07. The number of hydrogen-bond donors (Lipinski definition) is 1. The Morgan fingerprint density at radius 3 is 2.95 bits per heavy atom.